The van der Waals surface area contributed by atoms with Crippen LogP contribution < -0.4 is 9.62 Å². The van der Waals surface area contributed by atoms with Crippen molar-refractivity contribution >= 4 is 32.8 Å². The monoisotopic (exact) mass is 417 g/mol. The zero-order valence-corrected chi connectivity index (χ0v) is 16.8. The SMILES string of the molecule is CNC(=O)c1c(-c2ccc(F)cc2)oc2nc3c(cc12)CCCCN3S(C)(=O)=O. The van der Waals surface area contributed by atoms with Crippen LogP contribution in [0.5, 0.6) is 0 Å². The molecule has 3 heterocycles. The molecule has 1 amide bonds. The van der Waals surface area contributed by atoms with Gasteiger partial charge in [-0.3, -0.25) is 9.10 Å². The van der Waals surface area contributed by atoms with Gasteiger partial charge in [0.25, 0.3) is 5.91 Å². The second-order valence-corrected chi connectivity index (χ2v) is 8.92. The van der Waals surface area contributed by atoms with E-state index in [0.29, 0.717) is 41.7 Å². The van der Waals surface area contributed by atoms with Crippen molar-refractivity contribution in [3.05, 3.63) is 47.3 Å². The van der Waals surface area contributed by atoms with Gasteiger partial charge in [0.2, 0.25) is 15.7 Å². The van der Waals surface area contributed by atoms with Gasteiger partial charge in [0.05, 0.1) is 17.2 Å². The Kier molecular flexibility index (Phi) is 4.77. The highest BCUT2D eigenvalue weighted by molar-refractivity contribution is 7.92. The Bertz CT molecular complexity index is 1200. The summed E-state index contributed by atoms with van der Waals surface area (Å²) < 4.78 is 45.1. The van der Waals surface area contributed by atoms with E-state index in [2.05, 4.69) is 10.3 Å². The summed E-state index contributed by atoms with van der Waals surface area (Å²) in [6.45, 7) is 0.345. The molecule has 3 aromatic rings. The summed E-state index contributed by atoms with van der Waals surface area (Å²) in [6, 6.07) is 7.39. The van der Waals surface area contributed by atoms with E-state index in [1.807, 2.05) is 0 Å². The van der Waals surface area contributed by atoms with Crippen LogP contribution in [-0.4, -0.2) is 39.2 Å². The third-order valence-corrected chi connectivity index (χ3v) is 6.15. The van der Waals surface area contributed by atoms with Crippen LogP contribution >= 0.6 is 0 Å². The number of aryl methyl sites for hydroxylation is 1. The third kappa shape index (κ3) is 3.46. The smallest absolute Gasteiger partial charge is 0.255 e. The standard InChI is InChI=1S/C20H20FN3O4S/c1-22-19(25)16-15-11-13-5-3-4-10-24(29(2,26)27)18(13)23-20(15)28-17(16)12-6-8-14(21)9-7-12/h6-9,11H,3-5,10H2,1-2H3,(H,22,25). The largest absolute Gasteiger partial charge is 0.437 e. The highest BCUT2D eigenvalue weighted by atomic mass is 32.2. The molecule has 152 valence electrons. The number of benzene rings is 1. The molecule has 0 fully saturated rings. The van der Waals surface area contributed by atoms with Crippen LogP contribution in [0.1, 0.15) is 28.8 Å². The zero-order valence-electron chi connectivity index (χ0n) is 16.0. The van der Waals surface area contributed by atoms with Gasteiger partial charge in [0.15, 0.2) is 0 Å². The molecule has 0 bridgehead atoms. The van der Waals surface area contributed by atoms with Crippen LogP contribution in [0.4, 0.5) is 10.2 Å². The van der Waals surface area contributed by atoms with Crippen LogP contribution in [0, 0.1) is 5.82 Å². The van der Waals surface area contributed by atoms with Crippen molar-refractivity contribution in [1.82, 2.24) is 10.3 Å². The first-order chi connectivity index (χ1) is 13.8. The normalized spacial score (nSPS) is 14.5. The Morgan fingerprint density at radius 1 is 1.24 bits per heavy atom. The van der Waals surface area contributed by atoms with Gasteiger partial charge >= 0.3 is 0 Å². The van der Waals surface area contributed by atoms with Crippen molar-refractivity contribution in [2.45, 2.75) is 19.3 Å². The summed E-state index contributed by atoms with van der Waals surface area (Å²) >= 11 is 0. The van der Waals surface area contributed by atoms with E-state index in [1.165, 1.54) is 35.6 Å². The number of furan rings is 1. The fraction of sp³-hybridized carbons (Fsp3) is 0.300. The van der Waals surface area contributed by atoms with Crippen LogP contribution in [0.3, 0.4) is 0 Å². The van der Waals surface area contributed by atoms with Crippen molar-refractivity contribution < 1.29 is 22.0 Å². The van der Waals surface area contributed by atoms with Crippen LogP contribution in [0.25, 0.3) is 22.4 Å². The average Bonchev–Trinajstić information content (AvgIpc) is 2.90. The molecule has 0 unspecified atom stereocenters. The first kappa shape index (κ1) is 19.4. The van der Waals surface area contributed by atoms with Gasteiger partial charge in [-0.1, -0.05) is 0 Å². The maximum atomic E-state index is 13.3. The van der Waals surface area contributed by atoms with Gasteiger partial charge in [-0.05, 0) is 55.2 Å². The number of hydrogen-bond acceptors (Lipinski definition) is 5. The first-order valence-electron chi connectivity index (χ1n) is 9.21. The fourth-order valence-electron chi connectivity index (χ4n) is 3.61. The molecule has 7 nitrogen and oxygen atoms in total. The predicted octanol–water partition coefficient (Wildman–Crippen LogP) is 3.10. The van der Waals surface area contributed by atoms with Gasteiger partial charge in [-0.15, -0.1) is 0 Å². The number of sulfonamides is 1. The quantitative estimate of drug-likeness (QED) is 0.707. The molecule has 9 heteroatoms. The molecular formula is C20H20FN3O4S. The van der Waals surface area contributed by atoms with Crippen molar-refractivity contribution in [3.63, 3.8) is 0 Å². The maximum Gasteiger partial charge on any atom is 0.255 e. The number of amides is 1. The number of halogens is 1. The Hall–Kier alpha value is -2.94. The van der Waals surface area contributed by atoms with Crippen molar-refractivity contribution in [3.8, 4) is 11.3 Å². The van der Waals surface area contributed by atoms with Gasteiger partial charge < -0.3 is 9.73 Å². The Morgan fingerprint density at radius 2 is 1.97 bits per heavy atom. The molecule has 0 saturated heterocycles. The number of hydrogen-bond donors (Lipinski definition) is 1. The lowest BCUT2D eigenvalue weighted by Crippen LogP contribution is -2.31. The van der Waals surface area contributed by atoms with Crippen LogP contribution in [0.2, 0.25) is 0 Å². The number of rotatable bonds is 3. The van der Waals surface area contributed by atoms with Gasteiger partial charge in [-0.2, -0.15) is 4.98 Å². The summed E-state index contributed by atoms with van der Waals surface area (Å²) in [5.41, 5.74) is 1.73. The molecule has 0 radical (unpaired) electrons. The molecule has 1 aliphatic rings. The van der Waals surface area contributed by atoms with Crippen LogP contribution in [-0.2, 0) is 16.4 Å². The van der Waals surface area contributed by atoms with E-state index in [9.17, 15) is 17.6 Å². The lowest BCUT2D eigenvalue weighted by Gasteiger charge is -2.20. The molecule has 0 spiro atoms. The Morgan fingerprint density at radius 3 is 2.62 bits per heavy atom. The molecule has 1 N–H and O–H groups in total. The first-order valence-corrected chi connectivity index (χ1v) is 11.1. The number of fused-ring (bicyclic) bond motifs is 2. The second kappa shape index (κ2) is 7.14. The lowest BCUT2D eigenvalue weighted by molar-refractivity contribution is 0.0964. The molecule has 0 aliphatic carbocycles. The van der Waals surface area contributed by atoms with Crippen LogP contribution in [0.15, 0.2) is 34.7 Å². The number of anilines is 1. The van der Waals surface area contributed by atoms with E-state index in [-0.39, 0.29) is 17.4 Å². The van der Waals surface area contributed by atoms with Crippen molar-refractivity contribution in [2.75, 3.05) is 24.2 Å². The highest BCUT2D eigenvalue weighted by Crippen LogP contribution is 2.37. The zero-order chi connectivity index (χ0) is 20.8. The summed E-state index contributed by atoms with van der Waals surface area (Å²) in [4.78, 5) is 17.1. The number of pyridine rings is 1. The number of nitrogens with zero attached hydrogens (tertiary/aromatic N) is 2. The fourth-order valence-corrected chi connectivity index (χ4v) is 4.54. The molecule has 4 rings (SSSR count). The third-order valence-electron chi connectivity index (χ3n) is 4.99. The average molecular weight is 417 g/mol. The number of carbonyl (C=O) groups excluding carboxylic acids is 1. The van der Waals surface area contributed by atoms with Gasteiger partial charge in [0, 0.05) is 19.2 Å². The molecule has 2 aromatic heterocycles. The number of nitrogens with one attached hydrogen (secondary N) is 1. The molecule has 29 heavy (non-hydrogen) atoms. The highest BCUT2D eigenvalue weighted by Gasteiger charge is 2.28. The number of carbonyl (C=O) groups is 1. The molecular weight excluding hydrogens is 397 g/mol. The van der Waals surface area contributed by atoms with Gasteiger partial charge in [-0.25, -0.2) is 12.8 Å². The minimum atomic E-state index is -3.50. The molecule has 0 saturated carbocycles. The number of aromatic nitrogens is 1. The topological polar surface area (TPSA) is 92.5 Å². The molecule has 0 atom stereocenters. The predicted molar refractivity (Wildman–Crippen MR) is 108 cm³/mol. The maximum absolute atomic E-state index is 13.3. The summed E-state index contributed by atoms with van der Waals surface area (Å²) in [6.07, 6.45) is 3.32. The lowest BCUT2D eigenvalue weighted by atomic mass is 10.0. The minimum Gasteiger partial charge on any atom is -0.437 e. The van der Waals surface area contributed by atoms with Crippen molar-refractivity contribution in [2.24, 2.45) is 0 Å². The Balaban J connectivity index is 1.99. The minimum absolute atomic E-state index is 0.164. The summed E-state index contributed by atoms with van der Waals surface area (Å²) in [7, 11) is -1.99. The van der Waals surface area contributed by atoms with E-state index in [4.69, 9.17) is 4.42 Å². The van der Waals surface area contributed by atoms with E-state index in [1.54, 1.807) is 6.07 Å². The molecule has 1 aliphatic heterocycles. The van der Waals surface area contributed by atoms with Gasteiger partial charge in [0.1, 0.15) is 17.4 Å². The summed E-state index contributed by atoms with van der Waals surface area (Å²) in [5, 5.41) is 3.10. The van der Waals surface area contributed by atoms with E-state index >= 15 is 0 Å². The van der Waals surface area contributed by atoms with E-state index < -0.39 is 15.8 Å². The Labute approximate surface area is 167 Å². The van der Waals surface area contributed by atoms with E-state index in [0.717, 1.165) is 18.2 Å². The second-order valence-electron chi connectivity index (χ2n) is 7.01. The molecule has 1 aromatic carbocycles. The van der Waals surface area contributed by atoms with Crippen molar-refractivity contribution in [1.29, 1.82) is 0 Å². The summed E-state index contributed by atoms with van der Waals surface area (Å²) in [5.74, 6) is -0.170.